The maximum absolute atomic E-state index is 12.4. The average Bonchev–Trinajstić information content (AvgIpc) is 3.07. The van der Waals surface area contributed by atoms with Gasteiger partial charge in [-0.1, -0.05) is 22.6 Å². The van der Waals surface area contributed by atoms with Gasteiger partial charge in [0.2, 0.25) is 12.1 Å². The van der Waals surface area contributed by atoms with Crippen molar-refractivity contribution in [1.82, 2.24) is 9.78 Å². The van der Waals surface area contributed by atoms with Crippen molar-refractivity contribution in [3.8, 4) is 5.69 Å². The van der Waals surface area contributed by atoms with Gasteiger partial charge in [0.1, 0.15) is 5.69 Å². The van der Waals surface area contributed by atoms with Gasteiger partial charge in [-0.05, 0) is 6.07 Å². The number of aromatic nitrogens is 3. The minimum atomic E-state index is -4.36. The summed E-state index contributed by atoms with van der Waals surface area (Å²) in [4.78, 5) is 13.7. The molecule has 28 heavy (non-hydrogen) atoms. The van der Waals surface area contributed by atoms with Crippen molar-refractivity contribution in [2.75, 3.05) is 23.5 Å². The summed E-state index contributed by atoms with van der Waals surface area (Å²) in [6, 6.07) is 3.26. The Bertz CT molecular complexity index is 860. The van der Waals surface area contributed by atoms with Crippen LogP contribution in [0.3, 0.4) is 0 Å². The molecule has 1 atom stereocenters. The van der Waals surface area contributed by atoms with Crippen LogP contribution in [0.2, 0.25) is 0 Å². The topological polar surface area (TPSA) is 82.1 Å². The zero-order chi connectivity index (χ0) is 20.9. The lowest BCUT2D eigenvalue weighted by Gasteiger charge is -2.16. The number of pyridine rings is 1. The van der Waals surface area contributed by atoms with Crippen molar-refractivity contribution >= 4 is 45.0 Å². The first-order valence-electron chi connectivity index (χ1n) is 8.12. The molecular weight excluding hydrogens is 512 g/mol. The second-order valence-electron chi connectivity index (χ2n) is 5.88. The maximum atomic E-state index is 12.4. The number of alkyl halides is 4. The summed E-state index contributed by atoms with van der Waals surface area (Å²) in [6.07, 6.45) is -1.37. The molecule has 12 heteroatoms. The lowest BCUT2D eigenvalue weighted by atomic mass is 10.3. The molecule has 0 bridgehead atoms. The first-order chi connectivity index (χ1) is 13.1. The molecule has 0 fully saturated rings. The molecule has 2 rings (SSSR count). The van der Waals surface area contributed by atoms with Gasteiger partial charge in [0.05, 0.1) is 24.0 Å². The lowest BCUT2D eigenvalue weighted by Crippen LogP contribution is -2.28. The zero-order valence-electron chi connectivity index (χ0n) is 14.9. The fraction of sp³-hybridized carbons (Fsp3) is 0.438. The first kappa shape index (κ1) is 22.6. The summed E-state index contributed by atoms with van der Waals surface area (Å²) in [5.74, 6) is -1.03. The second-order valence-corrected chi connectivity index (χ2v) is 8.34. The van der Waals surface area contributed by atoms with Crippen LogP contribution in [0.25, 0.3) is 5.69 Å². The van der Waals surface area contributed by atoms with Crippen LogP contribution in [0.5, 0.6) is 0 Å². The number of carbonyl (C=O) groups is 1. The number of nitrogens with zero attached hydrogens (tertiary/aromatic N) is 4. The summed E-state index contributed by atoms with van der Waals surface area (Å²) < 4.78 is 50.8. The van der Waals surface area contributed by atoms with Crippen molar-refractivity contribution in [3.63, 3.8) is 0 Å². The molecule has 2 aromatic rings. The molecule has 0 aliphatic rings. The monoisotopic (exact) mass is 530 g/mol. The van der Waals surface area contributed by atoms with Crippen LogP contribution < -0.4 is 9.63 Å². The van der Waals surface area contributed by atoms with E-state index < -0.39 is 29.1 Å². The van der Waals surface area contributed by atoms with Crippen LogP contribution in [0.15, 0.2) is 30.7 Å². The number of anilines is 1. The molecule has 0 saturated heterocycles. The zero-order valence-corrected chi connectivity index (χ0v) is 17.8. The van der Waals surface area contributed by atoms with E-state index >= 15 is 0 Å². The molecule has 0 aromatic carbocycles. The van der Waals surface area contributed by atoms with Crippen LogP contribution in [0.1, 0.15) is 18.5 Å². The fourth-order valence-electron chi connectivity index (χ4n) is 2.32. The van der Waals surface area contributed by atoms with Gasteiger partial charge >= 0.3 is 6.18 Å². The van der Waals surface area contributed by atoms with E-state index in [9.17, 15) is 27.4 Å². The summed E-state index contributed by atoms with van der Waals surface area (Å²) in [7, 11) is -0.197. The quantitative estimate of drug-likeness (QED) is 0.228. The Balaban J connectivity index is 2.05. The smallest absolute Gasteiger partial charge is 0.390 e. The summed E-state index contributed by atoms with van der Waals surface area (Å²) in [5.41, 5.74) is 1.64. The Morgan fingerprint density at radius 3 is 2.75 bits per heavy atom. The number of carbonyl (C=O) groups excluding carboxylic acids is 1. The standard InChI is InChI=1S/C16H18F3IN4O3S/c1-22(15(25)4-7-28(27)8-5-16(17,18)19)14-11-24(21-13(14)9-20)12-3-2-6-23(26)10-12/h2-3,6,10-11H,4-5,7-9H2,1H3. The molecule has 0 aliphatic carbocycles. The molecule has 2 aromatic heterocycles. The van der Waals surface area contributed by atoms with Crippen molar-refractivity contribution in [2.45, 2.75) is 23.4 Å². The molecular formula is C16H18F3IN4O3S. The predicted octanol–water partition coefficient (Wildman–Crippen LogP) is 2.49. The number of hydrogen-bond acceptors (Lipinski definition) is 4. The molecule has 7 nitrogen and oxygen atoms in total. The SMILES string of the molecule is CN(C(=O)CCS(=O)CCC(F)(F)F)c1cn(-c2ccc[n+]([O-])c2)nc1CI. The number of halogens is 4. The Morgan fingerprint density at radius 1 is 1.43 bits per heavy atom. The highest BCUT2D eigenvalue weighted by molar-refractivity contribution is 14.1. The highest BCUT2D eigenvalue weighted by Crippen LogP contribution is 2.24. The Labute approximate surface area is 175 Å². The van der Waals surface area contributed by atoms with E-state index in [2.05, 4.69) is 27.7 Å². The third-order valence-corrected chi connectivity index (χ3v) is 5.85. The van der Waals surface area contributed by atoms with E-state index in [0.29, 0.717) is 26.2 Å². The largest absolute Gasteiger partial charge is 0.619 e. The van der Waals surface area contributed by atoms with Crippen molar-refractivity contribution in [2.24, 2.45) is 0 Å². The van der Waals surface area contributed by atoms with Gasteiger partial charge in [-0.3, -0.25) is 9.00 Å². The molecule has 0 N–H and O–H groups in total. The third kappa shape index (κ3) is 6.43. The average molecular weight is 530 g/mol. The number of amides is 1. The van der Waals surface area contributed by atoms with Crippen LogP contribution in [-0.2, 0) is 20.0 Å². The minimum absolute atomic E-state index is 0.137. The van der Waals surface area contributed by atoms with Crippen LogP contribution >= 0.6 is 22.6 Å². The van der Waals surface area contributed by atoms with Gasteiger partial charge in [-0.25, -0.2) is 4.68 Å². The molecule has 2 heterocycles. The summed E-state index contributed by atoms with van der Waals surface area (Å²) >= 11 is 2.09. The molecule has 154 valence electrons. The maximum Gasteiger partial charge on any atom is 0.390 e. The van der Waals surface area contributed by atoms with E-state index in [1.54, 1.807) is 18.3 Å². The van der Waals surface area contributed by atoms with E-state index in [-0.39, 0.29) is 18.1 Å². The van der Waals surface area contributed by atoms with Crippen molar-refractivity contribution in [1.29, 1.82) is 0 Å². The van der Waals surface area contributed by atoms with Crippen LogP contribution in [0.4, 0.5) is 18.9 Å². The molecule has 0 spiro atoms. The Morgan fingerprint density at radius 2 is 2.14 bits per heavy atom. The van der Waals surface area contributed by atoms with Gasteiger partial charge in [0.15, 0.2) is 6.20 Å². The van der Waals surface area contributed by atoms with Gasteiger partial charge < -0.3 is 10.1 Å². The molecule has 0 aliphatic heterocycles. The van der Waals surface area contributed by atoms with Gasteiger partial charge in [0.25, 0.3) is 0 Å². The number of hydrogen-bond donors (Lipinski definition) is 0. The molecule has 0 saturated carbocycles. The Kier molecular flexibility index (Phi) is 7.80. The van der Waals surface area contributed by atoms with Crippen LogP contribution in [-0.4, -0.2) is 44.6 Å². The van der Waals surface area contributed by atoms with Crippen LogP contribution in [0, 0.1) is 5.21 Å². The summed E-state index contributed by atoms with van der Waals surface area (Å²) in [6.45, 7) is 0. The van der Waals surface area contributed by atoms with E-state index in [0.717, 1.165) is 0 Å². The van der Waals surface area contributed by atoms with E-state index in [1.165, 1.54) is 29.0 Å². The summed E-state index contributed by atoms with van der Waals surface area (Å²) in [5, 5.41) is 15.8. The van der Waals surface area contributed by atoms with Gasteiger partial charge in [0, 0.05) is 46.3 Å². The highest BCUT2D eigenvalue weighted by atomic mass is 127. The highest BCUT2D eigenvalue weighted by Gasteiger charge is 2.28. The normalized spacial score (nSPS) is 12.8. The molecule has 1 amide bonds. The van der Waals surface area contributed by atoms with Crippen molar-refractivity contribution < 1.29 is 26.9 Å². The molecule has 1 unspecified atom stereocenters. The first-order valence-corrected chi connectivity index (χ1v) is 11.1. The lowest BCUT2D eigenvalue weighted by molar-refractivity contribution is -0.605. The molecule has 0 radical (unpaired) electrons. The van der Waals surface area contributed by atoms with E-state index in [4.69, 9.17) is 0 Å². The van der Waals surface area contributed by atoms with Gasteiger partial charge in [-0.15, -0.1) is 0 Å². The fourth-order valence-corrected chi connectivity index (χ4v) is 3.93. The Hall–Kier alpha value is -1.70. The van der Waals surface area contributed by atoms with Crippen molar-refractivity contribution in [3.05, 3.63) is 41.6 Å². The second kappa shape index (κ2) is 9.67. The number of rotatable bonds is 8. The third-order valence-electron chi connectivity index (χ3n) is 3.81. The minimum Gasteiger partial charge on any atom is -0.619 e. The predicted molar refractivity (Wildman–Crippen MR) is 107 cm³/mol. The van der Waals surface area contributed by atoms with Gasteiger partial charge in [-0.2, -0.15) is 23.0 Å². The van der Waals surface area contributed by atoms with E-state index in [1.807, 2.05) is 0 Å².